The molecule has 1 aromatic heterocycles. The van der Waals surface area contributed by atoms with Crippen LogP contribution in [-0.4, -0.2) is 4.98 Å². The number of hydrogen-bond acceptors (Lipinski definition) is 2. The number of nitrogens with one attached hydrogen (secondary N) is 1. The molecule has 1 heterocycles. The molecule has 0 radical (unpaired) electrons. The lowest BCUT2D eigenvalue weighted by Gasteiger charge is -2.08. The number of rotatable bonds is 3. The molecule has 0 atom stereocenters. The van der Waals surface area contributed by atoms with Gasteiger partial charge in [-0.1, -0.05) is 28.1 Å². The number of pyridine rings is 1. The Morgan fingerprint density at radius 3 is 2.26 bits per heavy atom. The fourth-order valence-electron chi connectivity index (χ4n) is 1.47. The van der Waals surface area contributed by atoms with Crippen LogP contribution in [0.2, 0.25) is 0 Å². The predicted octanol–water partition coefficient (Wildman–Crippen LogP) is 4.48. The summed E-state index contributed by atoms with van der Waals surface area (Å²) in [4.78, 5) is 3.38. The van der Waals surface area contributed by atoms with E-state index in [2.05, 4.69) is 26.2 Å². The number of alkyl halides is 3. The van der Waals surface area contributed by atoms with Gasteiger partial charge in [0, 0.05) is 11.0 Å². The van der Waals surface area contributed by atoms with Gasteiger partial charge in [0.05, 0.1) is 11.9 Å². The summed E-state index contributed by atoms with van der Waals surface area (Å²) in [5, 5.41) is 3.01. The zero-order valence-corrected chi connectivity index (χ0v) is 11.3. The molecule has 0 aliphatic rings. The molecule has 100 valence electrons. The van der Waals surface area contributed by atoms with Gasteiger partial charge in [-0.25, -0.2) is 4.98 Å². The first-order chi connectivity index (χ1) is 8.95. The highest BCUT2D eigenvalue weighted by atomic mass is 79.9. The van der Waals surface area contributed by atoms with Crippen molar-refractivity contribution in [1.29, 1.82) is 0 Å². The number of benzene rings is 1. The van der Waals surface area contributed by atoms with E-state index in [0.717, 1.165) is 16.1 Å². The summed E-state index contributed by atoms with van der Waals surface area (Å²) in [6.45, 7) is 0.528. The van der Waals surface area contributed by atoms with Crippen molar-refractivity contribution in [3.63, 3.8) is 0 Å². The third-order valence-corrected chi connectivity index (χ3v) is 2.99. The van der Waals surface area contributed by atoms with E-state index in [9.17, 15) is 13.2 Å². The Kier molecular flexibility index (Phi) is 4.09. The first-order valence-corrected chi connectivity index (χ1v) is 6.26. The lowest BCUT2D eigenvalue weighted by Crippen LogP contribution is -2.08. The fraction of sp³-hybridized carbons (Fsp3) is 0.154. The van der Waals surface area contributed by atoms with E-state index in [0.29, 0.717) is 12.2 Å². The number of aromatic nitrogens is 1. The van der Waals surface area contributed by atoms with Gasteiger partial charge in [-0.15, -0.1) is 0 Å². The maximum Gasteiger partial charge on any atom is 0.433 e. The van der Waals surface area contributed by atoms with Crippen LogP contribution >= 0.6 is 15.9 Å². The largest absolute Gasteiger partial charge is 0.433 e. The van der Waals surface area contributed by atoms with E-state index in [-0.39, 0.29) is 0 Å². The van der Waals surface area contributed by atoms with Crippen molar-refractivity contribution in [3.8, 4) is 0 Å². The molecule has 2 nitrogen and oxygen atoms in total. The van der Waals surface area contributed by atoms with Gasteiger partial charge in [0.25, 0.3) is 0 Å². The van der Waals surface area contributed by atoms with E-state index < -0.39 is 11.9 Å². The molecular formula is C13H10BrF3N2. The third kappa shape index (κ3) is 3.96. The van der Waals surface area contributed by atoms with Gasteiger partial charge >= 0.3 is 6.18 Å². The minimum atomic E-state index is -4.40. The number of hydrogen-bond donors (Lipinski definition) is 1. The molecule has 2 rings (SSSR count). The molecule has 1 N–H and O–H groups in total. The maximum atomic E-state index is 12.3. The highest BCUT2D eigenvalue weighted by Gasteiger charge is 2.31. The van der Waals surface area contributed by atoms with Crippen LogP contribution in [0.5, 0.6) is 0 Å². The van der Waals surface area contributed by atoms with E-state index >= 15 is 0 Å². The SMILES string of the molecule is FC(F)(F)c1ccc(NCc2ccc(Br)cc2)cn1. The molecule has 0 amide bonds. The molecule has 0 saturated heterocycles. The van der Waals surface area contributed by atoms with Crippen molar-refractivity contribution in [2.45, 2.75) is 12.7 Å². The standard InChI is InChI=1S/C13H10BrF3N2/c14-10-3-1-9(2-4-10)7-18-11-5-6-12(19-8-11)13(15,16)17/h1-6,8,18H,7H2. The Hall–Kier alpha value is -1.56. The van der Waals surface area contributed by atoms with Crippen molar-refractivity contribution < 1.29 is 13.2 Å². The summed E-state index contributed by atoms with van der Waals surface area (Å²) in [6, 6.07) is 9.99. The van der Waals surface area contributed by atoms with Crippen LogP contribution in [0.3, 0.4) is 0 Å². The third-order valence-electron chi connectivity index (χ3n) is 2.46. The summed E-state index contributed by atoms with van der Waals surface area (Å²) < 4.78 is 37.9. The molecule has 1 aromatic carbocycles. The van der Waals surface area contributed by atoms with Crippen LogP contribution in [0, 0.1) is 0 Å². The molecule has 2 aromatic rings. The average molecular weight is 331 g/mol. The minimum absolute atomic E-state index is 0.528. The van der Waals surface area contributed by atoms with Crippen LogP contribution < -0.4 is 5.32 Å². The number of anilines is 1. The first kappa shape index (κ1) is 13.9. The molecule has 0 saturated carbocycles. The van der Waals surface area contributed by atoms with Gasteiger partial charge < -0.3 is 5.32 Å². The maximum absolute atomic E-state index is 12.3. The molecule has 6 heteroatoms. The summed E-state index contributed by atoms with van der Waals surface area (Å²) in [7, 11) is 0. The Morgan fingerprint density at radius 1 is 1.05 bits per heavy atom. The average Bonchev–Trinajstić information content (AvgIpc) is 2.37. The van der Waals surface area contributed by atoms with Gasteiger partial charge in [0.2, 0.25) is 0 Å². The Labute approximate surface area is 116 Å². The molecule has 0 spiro atoms. The Bertz CT molecular complexity index is 535. The molecule has 0 fully saturated rings. The summed E-state index contributed by atoms with van der Waals surface area (Å²) >= 11 is 3.33. The number of nitrogens with zero attached hydrogens (tertiary/aromatic N) is 1. The first-order valence-electron chi connectivity index (χ1n) is 5.47. The lowest BCUT2D eigenvalue weighted by molar-refractivity contribution is -0.141. The molecule has 0 aliphatic carbocycles. The van der Waals surface area contributed by atoms with Gasteiger partial charge in [-0.05, 0) is 29.8 Å². The van der Waals surface area contributed by atoms with Crippen LogP contribution in [-0.2, 0) is 12.7 Å². The van der Waals surface area contributed by atoms with Gasteiger partial charge in [0.1, 0.15) is 5.69 Å². The molecule has 0 aliphatic heterocycles. The van der Waals surface area contributed by atoms with Gasteiger partial charge in [-0.2, -0.15) is 13.2 Å². The van der Waals surface area contributed by atoms with Crippen molar-refractivity contribution in [3.05, 3.63) is 58.3 Å². The Morgan fingerprint density at radius 2 is 1.74 bits per heavy atom. The summed E-state index contributed by atoms with van der Waals surface area (Å²) in [5.41, 5.74) is 0.695. The van der Waals surface area contributed by atoms with E-state index in [1.54, 1.807) is 0 Å². The smallest absolute Gasteiger partial charge is 0.380 e. The molecule has 19 heavy (non-hydrogen) atoms. The van der Waals surface area contributed by atoms with Crippen molar-refractivity contribution in [2.75, 3.05) is 5.32 Å². The summed E-state index contributed by atoms with van der Waals surface area (Å²) in [6.07, 6.45) is -3.22. The quantitative estimate of drug-likeness (QED) is 0.897. The zero-order chi connectivity index (χ0) is 13.9. The zero-order valence-electron chi connectivity index (χ0n) is 9.71. The summed E-state index contributed by atoms with van der Waals surface area (Å²) in [5.74, 6) is 0. The minimum Gasteiger partial charge on any atom is -0.380 e. The molecular weight excluding hydrogens is 321 g/mol. The van der Waals surface area contributed by atoms with E-state index in [1.807, 2.05) is 24.3 Å². The van der Waals surface area contributed by atoms with Gasteiger partial charge in [-0.3, -0.25) is 0 Å². The van der Waals surface area contributed by atoms with Crippen LogP contribution in [0.25, 0.3) is 0 Å². The van der Waals surface area contributed by atoms with Gasteiger partial charge in [0.15, 0.2) is 0 Å². The normalized spacial score (nSPS) is 11.4. The van der Waals surface area contributed by atoms with Crippen LogP contribution in [0.15, 0.2) is 47.1 Å². The monoisotopic (exact) mass is 330 g/mol. The lowest BCUT2D eigenvalue weighted by atomic mass is 10.2. The fourth-order valence-corrected chi connectivity index (χ4v) is 1.74. The van der Waals surface area contributed by atoms with Crippen LogP contribution in [0.1, 0.15) is 11.3 Å². The van der Waals surface area contributed by atoms with Crippen LogP contribution in [0.4, 0.5) is 18.9 Å². The highest BCUT2D eigenvalue weighted by Crippen LogP contribution is 2.27. The second kappa shape index (κ2) is 5.61. The molecule has 0 unspecified atom stereocenters. The van der Waals surface area contributed by atoms with Crippen molar-refractivity contribution in [1.82, 2.24) is 4.98 Å². The van der Waals surface area contributed by atoms with Crippen molar-refractivity contribution >= 4 is 21.6 Å². The van der Waals surface area contributed by atoms with Crippen molar-refractivity contribution in [2.24, 2.45) is 0 Å². The predicted molar refractivity (Wildman–Crippen MR) is 70.7 cm³/mol. The Balaban J connectivity index is 1.98. The highest BCUT2D eigenvalue weighted by molar-refractivity contribution is 9.10. The second-order valence-corrected chi connectivity index (χ2v) is 4.83. The number of halogens is 4. The topological polar surface area (TPSA) is 24.9 Å². The second-order valence-electron chi connectivity index (χ2n) is 3.91. The van der Waals surface area contributed by atoms with E-state index in [1.165, 1.54) is 12.3 Å². The molecule has 0 bridgehead atoms. The van der Waals surface area contributed by atoms with E-state index in [4.69, 9.17) is 0 Å².